The lowest BCUT2D eigenvalue weighted by molar-refractivity contribution is -0.138. The second-order valence-corrected chi connectivity index (χ2v) is 6.49. The number of piperidine rings is 1. The summed E-state index contributed by atoms with van der Waals surface area (Å²) < 4.78 is 37.7. The van der Waals surface area contributed by atoms with Crippen LogP contribution in [0, 0.1) is 0 Å². The normalized spacial score (nSPS) is 15.7. The highest BCUT2D eigenvalue weighted by Crippen LogP contribution is 2.32. The molecule has 1 fully saturated rings. The molecule has 1 aliphatic rings. The van der Waals surface area contributed by atoms with E-state index in [-0.39, 0.29) is 41.7 Å². The van der Waals surface area contributed by atoms with Crippen LogP contribution in [-0.2, 0) is 15.8 Å². The zero-order valence-electron chi connectivity index (χ0n) is 14.2. The molecule has 10 heteroatoms. The van der Waals surface area contributed by atoms with E-state index < -0.39 is 11.7 Å². The van der Waals surface area contributed by atoms with E-state index in [9.17, 15) is 22.8 Å². The number of carbonyl (C=O) groups excluding carboxylic acids is 2. The average Bonchev–Trinajstić information content (AvgIpc) is 2.55. The van der Waals surface area contributed by atoms with Gasteiger partial charge in [0.1, 0.15) is 5.82 Å². The summed E-state index contributed by atoms with van der Waals surface area (Å²) in [4.78, 5) is 28.6. The van der Waals surface area contributed by atoms with Crippen molar-refractivity contribution in [3.63, 3.8) is 0 Å². The molecule has 1 aliphatic heterocycles. The zero-order valence-corrected chi connectivity index (χ0v) is 15.0. The fourth-order valence-corrected chi connectivity index (χ4v) is 2.96. The Bertz CT molecular complexity index is 661. The number of carbonyl (C=O) groups is 2. The van der Waals surface area contributed by atoms with Crippen LogP contribution in [0.2, 0.25) is 5.02 Å². The summed E-state index contributed by atoms with van der Waals surface area (Å²) in [5.41, 5.74) is -0.925. The summed E-state index contributed by atoms with van der Waals surface area (Å²) in [5.74, 6) is -0.0430. The van der Waals surface area contributed by atoms with Gasteiger partial charge < -0.3 is 15.5 Å². The van der Waals surface area contributed by atoms with Crippen molar-refractivity contribution >= 4 is 29.2 Å². The van der Waals surface area contributed by atoms with E-state index in [1.54, 1.807) is 4.90 Å². The molecule has 0 aromatic carbocycles. The predicted octanol–water partition coefficient (Wildman–Crippen LogP) is 2.68. The smallest absolute Gasteiger partial charge is 0.368 e. The van der Waals surface area contributed by atoms with Crippen LogP contribution in [0.5, 0.6) is 0 Å². The average molecular weight is 393 g/mol. The van der Waals surface area contributed by atoms with E-state index in [0.717, 1.165) is 6.07 Å². The van der Waals surface area contributed by atoms with Crippen LogP contribution in [-0.4, -0.2) is 47.4 Å². The third-order valence-corrected chi connectivity index (χ3v) is 4.34. The number of aromatic nitrogens is 1. The Morgan fingerprint density at radius 3 is 2.54 bits per heavy atom. The number of nitrogens with zero attached hydrogens (tertiary/aromatic N) is 2. The molecule has 1 aromatic heterocycles. The van der Waals surface area contributed by atoms with Crippen molar-refractivity contribution in [3.05, 3.63) is 22.8 Å². The van der Waals surface area contributed by atoms with E-state index in [2.05, 4.69) is 15.6 Å². The van der Waals surface area contributed by atoms with E-state index in [0.29, 0.717) is 32.1 Å². The molecular weight excluding hydrogens is 373 g/mol. The SMILES string of the molecule is CC(=O)NC1CCN(C(=O)CCNc2ncc(C(F)(F)F)cc2Cl)CC1. The Balaban J connectivity index is 1.78. The number of amides is 2. The van der Waals surface area contributed by atoms with Gasteiger partial charge in [-0.15, -0.1) is 0 Å². The second-order valence-electron chi connectivity index (χ2n) is 6.08. The molecule has 0 aliphatic carbocycles. The first-order chi connectivity index (χ1) is 12.2. The van der Waals surface area contributed by atoms with Crippen molar-refractivity contribution in [2.45, 2.75) is 38.4 Å². The predicted molar refractivity (Wildman–Crippen MR) is 90.8 cm³/mol. The van der Waals surface area contributed by atoms with E-state index in [4.69, 9.17) is 11.6 Å². The molecule has 2 amide bonds. The molecule has 0 spiro atoms. The highest BCUT2D eigenvalue weighted by Gasteiger charge is 2.31. The highest BCUT2D eigenvalue weighted by atomic mass is 35.5. The van der Waals surface area contributed by atoms with Crippen LogP contribution in [0.15, 0.2) is 12.3 Å². The Kier molecular flexibility index (Phi) is 6.69. The van der Waals surface area contributed by atoms with Crippen molar-refractivity contribution < 1.29 is 22.8 Å². The van der Waals surface area contributed by atoms with Crippen molar-refractivity contribution in [1.82, 2.24) is 15.2 Å². The number of likely N-dealkylation sites (tertiary alicyclic amines) is 1. The molecule has 1 saturated heterocycles. The lowest BCUT2D eigenvalue weighted by Gasteiger charge is -2.32. The maximum absolute atomic E-state index is 12.6. The van der Waals surface area contributed by atoms with E-state index in [1.807, 2.05) is 0 Å². The molecule has 144 valence electrons. The van der Waals surface area contributed by atoms with Crippen molar-refractivity contribution in [2.24, 2.45) is 0 Å². The van der Waals surface area contributed by atoms with Crippen LogP contribution in [0.1, 0.15) is 31.7 Å². The van der Waals surface area contributed by atoms with Gasteiger partial charge in [-0.05, 0) is 18.9 Å². The molecule has 6 nitrogen and oxygen atoms in total. The third kappa shape index (κ3) is 5.76. The molecule has 2 heterocycles. The number of hydrogen-bond donors (Lipinski definition) is 2. The number of nitrogens with one attached hydrogen (secondary N) is 2. The molecule has 26 heavy (non-hydrogen) atoms. The zero-order chi connectivity index (χ0) is 19.3. The summed E-state index contributed by atoms with van der Waals surface area (Å²) in [6.07, 6.45) is -2.24. The molecular formula is C16H20ClF3N4O2. The molecule has 0 saturated carbocycles. The summed E-state index contributed by atoms with van der Waals surface area (Å²) >= 11 is 5.80. The molecule has 0 bridgehead atoms. The van der Waals surface area contributed by atoms with Gasteiger partial charge in [0.05, 0.1) is 10.6 Å². The molecule has 0 radical (unpaired) electrons. The minimum Gasteiger partial charge on any atom is -0.368 e. The Morgan fingerprint density at radius 1 is 1.35 bits per heavy atom. The number of pyridine rings is 1. The minimum atomic E-state index is -4.51. The van der Waals surface area contributed by atoms with Gasteiger partial charge in [-0.1, -0.05) is 11.6 Å². The summed E-state index contributed by atoms with van der Waals surface area (Å²) in [7, 11) is 0. The van der Waals surface area contributed by atoms with Crippen molar-refractivity contribution in [3.8, 4) is 0 Å². The number of anilines is 1. The fraction of sp³-hybridized carbons (Fsp3) is 0.562. The van der Waals surface area contributed by atoms with Gasteiger partial charge in [0, 0.05) is 45.2 Å². The lowest BCUT2D eigenvalue weighted by Crippen LogP contribution is -2.46. The van der Waals surface area contributed by atoms with Gasteiger partial charge in [0.2, 0.25) is 11.8 Å². The Hall–Kier alpha value is -2.03. The second kappa shape index (κ2) is 8.57. The van der Waals surface area contributed by atoms with Crippen LogP contribution < -0.4 is 10.6 Å². The van der Waals surface area contributed by atoms with Crippen molar-refractivity contribution in [1.29, 1.82) is 0 Å². The number of hydrogen-bond acceptors (Lipinski definition) is 4. The molecule has 2 N–H and O–H groups in total. The van der Waals surface area contributed by atoms with Gasteiger partial charge in [-0.3, -0.25) is 9.59 Å². The maximum Gasteiger partial charge on any atom is 0.417 e. The third-order valence-electron chi connectivity index (χ3n) is 4.05. The number of rotatable bonds is 5. The quantitative estimate of drug-likeness (QED) is 0.808. The topological polar surface area (TPSA) is 74.3 Å². The molecule has 2 rings (SSSR count). The Morgan fingerprint density at radius 2 is 2.00 bits per heavy atom. The summed E-state index contributed by atoms with van der Waals surface area (Å²) in [6.45, 7) is 2.79. The van der Waals surface area contributed by atoms with E-state index >= 15 is 0 Å². The summed E-state index contributed by atoms with van der Waals surface area (Å²) in [5, 5.41) is 5.47. The highest BCUT2D eigenvalue weighted by molar-refractivity contribution is 6.32. The fourth-order valence-electron chi connectivity index (χ4n) is 2.73. The minimum absolute atomic E-state index is 0.0678. The van der Waals surface area contributed by atoms with Crippen LogP contribution in [0.25, 0.3) is 0 Å². The Labute approximate surface area is 154 Å². The standard InChI is InChI=1S/C16H20ClF3N4O2/c1-10(25)23-12-3-6-24(7-4-12)14(26)2-5-21-15-13(17)8-11(9-22-15)16(18,19)20/h8-9,12H,2-7H2,1H3,(H,21,22)(H,23,25). The largest absolute Gasteiger partial charge is 0.417 e. The van der Waals surface area contributed by atoms with Crippen LogP contribution in [0.3, 0.4) is 0 Å². The molecule has 0 atom stereocenters. The first-order valence-electron chi connectivity index (χ1n) is 8.18. The summed E-state index contributed by atoms with van der Waals surface area (Å²) in [6, 6.07) is 0.885. The number of halogens is 4. The monoisotopic (exact) mass is 392 g/mol. The van der Waals surface area contributed by atoms with Gasteiger partial charge >= 0.3 is 6.18 Å². The van der Waals surface area contributed by atoms with Gasteiger partial charge in [0.25, 0.3) is 0 Å². The molecule has 1 aromatic rings. The van der Waals surface area contributed by atoms with Gasteiger partial charge in [0.15, 0.2) is 0 Å². The maximum atomic E-state index is 12.6. The van der Waals surface area contributed by atoms with Crippen LogP contribution in [0.4, 0.5) is 19.0 Å². The lowest BCUT2D eigenvalue weighted by atomic mass is 10.0. The van der Waals surface area contributed by atoms with E-state index in [1.165, 1.54) is 6.92 Å². The van der Waals surface area contributed by atoms with Crippen LogP contribution >= 0.6 is 11.6 Å². The first-order valence-corrected chi connectivity index (χ1v) is 8.56. The van der Waals surface area contributed by atoms with Gasteiger partial charge in [-0.25, -0.2) is 4.98 Å². The molecule has 0 unspecified atom stereocenters. The first kappa shape index (κ1) is 20.3. The number of alkyl halides is 3. The van der Waals surface area contributed by atoms with Crippen molar-refractivity contribution in [2.75, 3.05) is 25.0 Å². The van der Waals surface area contributed by atoms with Gasteiger partial charge in [-0.2, -0.15) is 13.2 Å².